The predicted molar refractivity (Wildman–Crippen MR) is 108 cm³/mol. The fraction of sp³-hybridized carbons (Fsp3) is 0.591. The first-order valence-electron chi connectivity index (χ1n) is 9.97. The first kappa shape index (κ1) is 19.2. The lowest BCUT2D eigenvalue weighted by Gasteiger charge is -2.33. The number of rotatable bonds is 3. The van der Waals surface area contributed by atoms with E-state index in [1.165, 1.54) is 16.2 Å². The van der Waals surface area contributed by atoms with Crippen LogP contribution in [0.3, 0.4) is 0 Å². The van der Waals surface area contributed by atoms with E-state index < -0.39 is 17.8 Å². The highest BCUT2D eigenvalue weighted by molar-refractivity contribution is 7.16. The lowest BCUT2D eigenvalue weighted by atomic mass is 9.72. The summed E-state index contributed by atoms with van der Waals surface area (Å²) in [6.45, 7) is 6.75. The van der Waals surface area contributed by atoms with Crippen LogP contribution in [-0.4, -0.2) is 17.0 Å². The zero-order valence-corrected chi connectivity index (χ0v) is 17.3. The third-order valence-electron chi connectivity index (χ3n) is 6.89. The Morgan fingerprint density at radius 3 is 2.54 bits per heavy atom. The van der Waals surface area contributed by atoms with Gasteiger partial charge >= 0.3 is 5.97 Å². The average molecular weight is 399 g/mol. The number of anilines is 1. The molecule has 2 N–H and O–H groups in total. The molecule has 5 atom stereocenters. The zero-order valence-electron chi connectivity index (χ0n) is 16.5. The monoisotopic (exact) mass is 398 g/mol. The summed E-state index contributed by atoms with van der Waals surface area (Å²) in [5.41, 5.74) is 1.86. The smallest absolute Gasteiger partial charge is 0.307 e. The second-order valence-electron chi connectivity index (χ2n) is 9.45. The minimum Gasteiger partial charge on any atom is -0.481 e. The van der Waals surface area contributed by atoms with Gasteiger partial charge in [0.05, 0.1) is 17.4 Å². The molecule has 148 valence electrons. The molecule has 1 aromatic heterocycles. The lowest BCUT2D eigenvalue weighted by molar-refractivity contribution is -0.146. The molecule has 3 aliphatic carbocycles. The minimum absolute atomic E-state index is 0.0171. The molecule has 5 nitrogen and oxygen atoms in total. The Labute approximate surface area is 169 Å². The van der Waals surface area contributed by atoms with E-state index >= 15 is 0 Å². The van der Waals surface area contributed by atoms with Crippen molar-refractivity contribution in [1.82, 2.24) is 0 Å². The zero-order chi connectivity index (χ0) is 20.2. The van der Waals surface area contributed by atoms with Gasteiger partial charge in [0.1, 0.15) is 11.1 Å². The maximum atomic E-state index is 13.0. The SMILES string of the molecule is CC(C)(C)[C@@H]1CCc2c(sc(NC(=O)[C@@H]3[C@@H](C(=O)O)[C@H]4C=C[C@H]3C4)c2C#N)C1. The van der Waals surface area contributed by atoms with Gasteiger partial charge in [-0.3, -0.25) is 9.59 Å². The highest BCUT2D eigenvalue weighted by Gasteiger charge is 2.51. The number of thiophene rings is 1. The Balaban J connectivity index is 1.59. The fourth-order valence-electron chi connectivity index (χ4n) is 5.24. The molecule has 1 heterocycles. The molecule has 0 aliphatic heterocycles. The molecule has 0 saturated heterocycles. The summed E-state index contributed by atoms with van der Waals surface area (Å²) in [6.07, 6.45) is 7.49. The molecule has 1 saturated carbocycles. The molecule has 0 radical (unpaired) electrons. The van der Waals surface area contributed by atoms with Crippen LogP contribution in [0.2, 0.25) is 0 Å². The molecular formula is C22H26N2O3S. The van der Waals surface area contributed by atoms with Crippen molar-refractivity contribution < 1.29 is 14.7 Å². The van der Waals surface area contributed by atoms with Gasteiger partial charge in [0, 0.05) is 4.88 Å². The molecule has 0 aromatic carbocycles. The maximum absolute atomic E-state index is 13.0. The summed E-state index contributed by atoms with van der Waals surface area (Å²) in [4.78, 5) is 25.9. The molecule has 1 aromatic rings. The topological polar surface area (TPSA) is 90.2 Å². The number of nitriles is 1. The van der Waals surface area contributed by atoms with Gasteiger partial charge in [0.15, 0.2) is 0 Å². The van der Waals surface area contributed by atoms with Gasteiger partial charge in [-0.25, -0.2) is 0 Å². The molecule has 0 unspecified atom stereocenters. The molecule has 28 heavy (non-hydrogen) atoms. The number of carbonyl (C=O) groups excluding carboxylic acids is 1. The summed E-state index contributed by atoms with van der Waals surface area (Å²) in [6, 6.07) is 2.29. The number of hydrogen-bond acceptors (Lipinski definition) is 4. The van der Waals surface area contributed by atoms with Crippen LogP contribution >= 0.6 is 11.3 Å². The summed E-state index contributed by atoms with van der Waals surface area (Å²) in [5.74, 6) is -1.90. The molecule has 3 aliphatic rings. The average Bonchev–Trinajstić information content (AvgIpc) is 3.31. The van der Waals surface area contributed by atoms with E-state index in [0.29, 0.717) is 16.5 Å². The number of fused-ring (bicyclic) bond motifs is 3. The van der Waals surface area contributed by atoms with Gasteiger partial charge in [0.2, 0.25) is 5.91 Å². The summed E-state index contributed by atoms with van der Waals surface area (Å²) >= 11 is 1.50. The number of amides is 1. The van der Waals surface area contributed by atoms with Crippen LogP contribution in [0.1, 0.15) is 49.6 Å². The maximum Gasteiger partial charge on any atom is 0.307 e. The van der Waals surface area contributed by atoms with Crippen LogP contribution in [-0.2, 0) is 22.4 Å². The van der Waals surface area contributed by atoms with E-state index in [9.17, 15) is 20.0 Å². The van der Waals surface area contributed by atoms with E-state index in [-0.39, 0.29) is 23.2 Å². The van der Waals surface area contributed by atoms with Gasteiger partial charge in [-0.15, -0.1) is 11.3 Å². The Hall–Kier alpha value is -2.13. The number of nitrogens with zero attached hydrogens (tertiary/aromatic N) is 1. The Kier molecular flexibility index (Phi) is 4.62. The van der Waals surface area contributed by atoms with Crippen molar-refractivity contribution >= 4 is 28.2 Å². The molecule has 1 fully saturated rings. The van der Waals surface area contributed by atoms with Gasteiger partial charge in [-0.1, -0.05) is 32.9 Å². The van der Waals surface area contributed by atoms with Crippen LogP contribution in [0.15, 0.2) is 12.2 Å². The molecule has 2 bridgehead atoms. The van der Waals surface area contributed by atoms with Crippen molar-refractivity contribution in [3.8, 4) is 6.07 Å². The predicted octanol–water partition coefficient (Wildman–Crippen LogP) is 4.23. The van der Waals surface area contributed by atoms with Crippen LogP contribution < -0.4 is 5.32 Å². The molecule has 4 rings (SSSR count). The molecule has 1 amide bonds. The third-order valence-corrected chi connectivity index (χ3v) is 8.06. The number of aliphatic carboxylic acids is 1. The van der Waals surface area contributed by atoms with Gasteiger partial charge in [-0.2, -0.15) is 5.26 Å². The second-order valence-corrected chi connectivity index (χ2v) is 10.6. The Bertz CT molecular complexity index is 902. The molecule has 6 heteroatoms. The van der Waals surface area contributed by atoms with Gasteiger partial charge in [0.25, 0.3) is 0 Å². The quantitative estimate of drug-likeness (QED) is 0.746. The highest BCUT2D eigenvalue weighted by atomic mass is 32.1. The number of nitrogens with one attached hydrogen (secondary N) is 1. The third kappa shape index (κ3) is 3.06. The summed E-state index contributed by atoms with van der Waals surface area (Å²) in [5, 5.41) is 22.9. The first-order chi connectivity index (χ1) is 13.2. The Morgan fingerprint density at radius 2 is 1.93 bits per heavy atom. The van der Waals surface area contributed by atoms with Crippen molar-refractivity contribution in [2.24, 2.45) is 35.0 Å². The summed E-state index contributed by atoms with van der Waals surface area (Å²) in [7, 11) is 0. The highest BCUT2D eigenvalue weighted by Crippen LogP contribution is 2.49. The van der Waals surface area contributed by atoms with Crippen molar-refractivity contribution in [3.05, 3.63) is 28.2 Å². The van der Waals surface area contributed by atoms with E-state index in [4.69, 9.17) is 0 Å². The summed E-state index contributed by atoms with van der Waals surface area (Å²) < 4.78 is 0. The second kappa shape index (κ2) is 6.73. The largest absolute Gasteiger partial charge is 0.481 e. The number of carboxylic acids is 1. The Morgan fingerprint density at radius 1 is 1.25 bits per heavy atom. The van der Waals surface area contributed by atoms with Crippen LogP contribution in [0, 0.1) is 46.3 Å². The normalized spacial score (nSPS) is 30.7. The van der Waals surface area contributed by atoms with Gasteiger partial charge in [-0.05, 0) is 54.4 Å². The van der Waals surface area contributed by atoms with Gasteiger partial charge < -0.3 is 10.4 Å². The first-order valence-corrected chi connectivity index (χ1v) is 10.8. The number of hydrogen-bond donors (Lipinski definition) is 2. The standard InChI is InChI=1S/C22H26N2O3S/c1-22(2,3)13-6-7-14-15(10-23)20(28-16(14)9-13)24-19(25)17-11-4-5-12(8-11)18(17)21(26)27/h4-5,11-13,17-18H,6-9H2,1-3H3,(H,24,25)(H,26,27)/t11-,12-,13+,17-,18-/m0/s1. The van der Waals surface area contributed by atoms with Crippen molar-refractivity contribution in [2.75, 3.05) is 5.32 Å². The van der Waals surface area contributed by atoms with E-state index in [1.54, 1.807) is 0 Å². The van der Waals surface area contributed by atoms with E-state index in [2.05, 4.69) is 32.2 Å². The van der Waals surface area contributed by atoms with Crippen molar-refractivity contribution in [3.63, 3.8) is 0 Å². The van der Waals surface area contributed by atoms with Crippen LogP contribution in [0.5, 0.6) is 0 Å². The lowest BCUT2D eigenvalue weighted by Crippen LogP contribution is -2.36. The van der Waals surface area contributed by atoms with Crippen LogP contribution in [0.4, 0.5) is 5.00 Å². The van der Waals surface area contributed by atoms with E-state index in [1.807, 2.05) is 12.2 Å². The van der Waals surface area contributed by atoms with Crippen LogP contribution in [0.25, 0.3) is 0 Å². The number of carboxylic acid groups (broad SMARTS) is 1. The van der Waals surface area contributed by atoms with Crippen molar-refractivity contribution in [1.29, 1.82) is 5.26 Å². The molecule has 0 spiro atoms. The minimum atomic E-state index is -0.906. The molecular weight excluding hydrogens is 372 g/mol. The fourth-order valence-corrected chi connectivity index (χ4v) is 6.52. The number of carbonyl (C=O) groups is 2. The van der Waals surface area contributed by atoms with E-state index in [0.717, 1.165) is 31.2 Å². The van der Waals surface area contributed by atoms with Crippen molar-refractivity contribution in [2.45, 2.75) is 46.5 Å². The number of allylic oxidation sites excluding steroid dienone is 2.